The first-order valence-electron chi connectivity index (χ1n) is 10.2. The Bertz CT molecular complexity index is 856. The monoisotopic (exact) mass is 436 g/mol. The van der Waals surface area contributed by atoms with Crippen LogP contribution in [0.25, 0.3) is 0 Å². The predicted octanol–water partition coefficient (Wildman–Crippen LogP) is 4.62. The van der Waals surface area contributed by atoms with Crippen LogP contribution in [0.2, 0.25) is 0 Å². The van der Waals surface area contributed by atoms with E-state index in [1.807, 2.05) is 6.92 Å². The molecule has 1 N–H and O–H groups in total. The Morgan fingerprint density at radius 2 is 2.03 bits per heavy atom. The fraction of sp³-hybridized carbons (Fsp3) is 0.600. The van der Waals surface area contributed by atoms with Gasteiger partial charge in [-0.25, -0.2) is 4.79 Å². The van der Waals surface area contributed by atoms with E-state index in [0.717, 1.165) is 35.2 Å². The number of nitrogens with zero attached hydrogens (tertiary/aromatic N) is 3. The highest BCUT2D eigenvalue weighted by Gasteiger charge is 2.23. The van der Waals surface area contributed by atoms with Crippen LogP contribution in [-0.2, 0) is 16.1 Å². The highest BCUT2D eigenvalue weighted by Crippen LogP contribution is 2.33. The summed E-state index contributed by atoms with van der Waals surface area (Å²) in [5, 5.41) is 12.9. The van der Waals surface area contributed by atoms with Gasteiger partial charge in [0.15, 0.2) is 5.16 Å². The van der Waals surface area contributed by atoms with Crippen LogP contribution in [-0.4, -0.2) is 39.0 Å². The molecule has 2 aromatic heterocycles. The molecule has 3 rings (SSSR count). The number of hydrogen-bond acceptors (Lipinski definition) is 7. The number of aryl methyl sites for hydroxylation is 1. The molecule has 158 valence electrons. The summed E-state index contributed by atoms with van der Waals surface area (Å²) in [5.74, 6) is 1.14. The molecule has 0 radical (unpaired) electrons. The number of nitrogens with one attached hydrogen (secondary N) is 1. The summed E-state index contributed by atoms with van der Waals surface area (Å²) in [4.78, 5) is 25.5. The minimum absolute atomic E-state index is 0.174. The summed E-state index contributed by atoms with van der Waals surface area (Å²) in [7, 11) is 0. The standard InChI is InChI=1S/C20H28N4O3S2/c1-4-24-17(14-9-7-6-8-10-14)22-23-20(24)28-12-16(25)21-18-15(11-13(3)29-18)19(26)27-5-2/h11,14H,4-10,12H2,1-3H3,(H,21,25). The zero-order chi connectivity index (χ0) is 20.8. The number of thiophene rings is 1. The molecule has 2 aromatic rings. The van der Waals surface area contributed by atoms with Crippen LogP contribution in [0.1, 0.15) is 72.9 Å². The molecule has 7 nitrogen and oxygen atoms in total. The number of amides is 1. The van der Waals surface area contributed by atoms with E-state index < -0.39 is 5.97 Å². The number of ether oxygens (including phenoxy) is 1. The summed E-state index contributed by atoms with van der Waals surface area (Å²) in [6.07, 6.45) is 6.12. The van der Waals surface area contributed by atoms with E-state index in [4.69, 9.17) is 4.74 Å². The largest absolute Gasteiger partial charge is 0.462 e. The Balaban J connectivity index is 1.63. The molecular weight excluding hydrogens is 408 g/mol. The maximum absolute atomic E-state index is 12.5. The normalized spacial score (nSPS) is 14.7. The van der Waals surface area contributed by atoms with Crippen molar-refractivity contribution in [2.75, 3.05) is 17.7 Å². The summed E-state index contributed by atoms with van der Waals surface area (Å²) < 4.78 is 7.21. The zero-order valence-corrected chi connectivity index (χ0v) is 18.8. The van der Waals surface area contributed by atoms with Gasteiger partial charge in [0.2, 0.25) is 5.91 Å². The topological polar surface area (TPSA) is 86.1 Å². The highest BCUT2D eigenvalue weighted by atomic mass is 32.2. The number of thioether (sulfide) groups is 1. The first-order chi connectivity index (χ1) is 14.0. The molecule has 0 aromatic carbocycles. The number of carbonyl (C=O) groups is 2. The lowest BCUT2D eigenvalue weighted by atomic mass is 9.89. The molecule has 29 heavy (non-hydrogen) atoms. The van der Waals surface area contributed by atoms with E-state index in [2.05, 4.69) is 27.0 Å². The first-order valence-corrected chi connectivity index (χ1v) is 12.0. The number of esters is 1. The zero-order valence-electron chi connectivity index (χ0n) is 17.2. The van der Waals surface area contributed by atoms with E-state index in [9.17, 15) is 9.59 Å². The third-order valence-corrected chi connectivity index (χ3v) is 6.90. The lowest BCUT2D eigenvalue weighted by Crippen LogP contribution is -2.16. The Kier molecular flexibility index (Phi) is 7.71. The van der Waals surface area contributed by atoms with Gasteiger partial charge < -0.3 is 14.6 Å². The van der Waals surface area contributed by atoms with Crippen LogP contribution >= 0.6 is 23.1 Å². The van der Waals surface area contributed by atoms with Gasteiger partial charge in [0.25, 0.3) is 0 Å². The smallest absolute Gasteiger partial charge is 0.341 e. The maximum atomic E-state index is 12.5. The third-order valence-electron chi connectivity index (χ3n) is 4.97. The molecule has 1 aliphatic rings. The molecule has 0 atom stereocenters. The van der Waals surface area contributed by atoms with Crippen molar-refractivity contribution in [2.45, 2.75) is 70.5 Å². The Labute approximate surface area is 179 Å². The van der Waals surface area contributed by atoms with Crippen molar-refractivity contribution in [1.82, 2.24) is 14.8 Å². The van der Waals surface area contributed by atoms with Crippen LogP contribution in [0.3, 0.4) is 0 Å². The molecule has 0 spiro atoms. The van der Waals surface area contributed by atoms with Gasteiger partial charge in [0, 0.05) is 17.3 Å². The second kappa shape index (κ2) is 10.2. The van der Waals surface area contributed by atoms with Gasteiger partial charge in [-0.1, -0.05) is 31.0 Å². The van der Waals surface area contributed by atoms with E-state index in [-0.39, 0.29) is 11.7 Å². The quantitative estimate of drug-likeness (QED) is 0.480. The van der Waals surface area contributed by atoms with Crippen molar-refractivity contribution in [3.8, 4) is 0 Å². The fourth-order valence-electron chi connectivity index (χ4n) is 3.63. The SMILES string of the molecule is CCOC(=O)c1cc(C)sc1NC(=O)CSc1nnc(C2CCCCC2)n1CC. The number of anilines is 1. The second-order valence-electron chi connectivity index (χ2n) is 7.08. The lowest BCUT2D eigenvalue weighted by Gasteiger charge is -2.21. The predicted molar refractivity (Wildman–Crippen MR) is 116 cm³/mol. The van der Waals surface area contributed by atoms with Gasteiger partial charge in [-0.2, -0.15) is 0 Å². The summed E-state index contributed by atoms with van der Waals surface area (Å²) >= 11 is 2.75. The summed E-state index contributed by atoms with van der Waals surface area (Å²) in [6.45, 7) is 6.83. The van der Waals surface area contributed by atoms with E-state index in [0.29, 0.717) is 23.1 Å². The van der Waals surface area contributed by atoms with Gasteiger partial charge in [-0.15, -0.1) is 21.5 Å². The number of rotatable bonds is 8. The van der Waals surface area contributed by atoms with Crippen molar-refractivity contribution in [3.05, 3.63) is 22.3 Å². The van der Waals surface area contributed by atoms with Crippen molar-refractivity contribution in [3.63, 3.8) is 0 Å². The van der Waals surface area contributed by atoms with Crippen LogP contribution < -0.4 is 5.32 Å². The van der Waals surface area contributed by atoms with Crippen molar-refractivity contribution in [1.29, 1.82) is 0 Å². The minimum atomic E-state index is -0.414. The van der Waals surface area contributed by atoms with Gasteiger partial charge >= 0.3 is 5.97 Å². The van der Waals surface area contributed by atoms with Crippen LogP contribution in [0, 0.1) is 6.92 Å². The van der Waals surface area contributed by atoms with Crippen molar-refractivity contribution >= 4 is 40.0 Å². The molecule has 1 fully saturated rings. The van der Waals surface area contributed by atoms with Crippen molar-refractivity contribution in [2.24, 2.45) is 0 Å². The molecule has 1 aliphatic carbocycles. The highest BCUT2D eigenvalue weighted by molar-refractivity contribution is 7.99. The molecule has 1 saturated carbocycles. The number of aromatic nitrogens is 3. The number of carbonyl (C=O) groups excluding carboxylic acids is 2. The molecular formula is C20H28N4O3S2. The Hall–Kier alpha value is -1.87. The van der Waals surface area contributed by atoms with Gasteiger partial charge in [-0.3, -0.25) is 4.79 Å². The maximum Gasteiger partial charge on any atom is 0.341 e. The third kappa shape index (κ3) is 5.39. The minimum Gasteiger partial charge on any atom is -0.462 e. The molecule has 0 aliphatic heterocycles. The molecule has 1 amide bonds. The average Bonchev–Trinajstić information content (AvgIpc) is 3.30. The first kappa shape index (κ1) is 21.8. The van der Waals surface area contributed by atoms with E-state index in [1.54, 1.807) is 13.0 Å². The fourth-order valence-corrected chi connectivity index (χ4v) is 5.35. The molecule has 0 bridgehead atoms. The van der Waals surface area contributed by atoms with Gasteiger partial charge in [-0.05, 0) is 39.7 Å². The lowest BCUT2D eigenvalue weighted by molar-refractivity contribution is -0.113. The Morgan fingerprint density at radius 3 is 2.72 bits per heavy atom. The molecule has 2 heterocycles. The average molecular weight is 437 g/mol. The number of hydrogen-bond donors (Lipinski definition) is 1. The van der Waals surface area contributed by atoms with Crippen LogP contribution in [0.15, 0.2) is 11.2 Å². The summed E-state index contributed by atoms with van der Waals surface area (Å²) in [5.41, 5.74) is 0.406. The van der Waals surface area contributed by atoms with E-state index in [1.165, 1.54) is 42.4 Å². The second-order valence-corrected chi connectivity index (χ2v) is 9.28. The van der Waals surface area contributed by atoms with Crippen LogP contribution in [0.5, 0.6) is 0 Å². The molecule has 0 saturated heterocycles. The van der Waals surface area contributed by atoms with Crippen LogP contribution in [0.4, 0.5) is 5.00 Å². The van der Waals surface area contributed by atoms with Crippen molar-refractivity contribution < 1.29 is 14.3 Å². The molecule has 9 heteroatoms. The molecule has 0 unspecified atom stereocenters. The van der Waals surface area contributed by atoms with Gasteiger partial charge in [0.05, 0.1) is 17.9 Å². The van der Waals surface area contributed by atoms with E-state index >= 15 is 0 Å². The van der Waals surface area contributed by atoms with Gasteiger partial charge in [0.1, 0.15) is 10.8 Å². The Morgan fingerprint density at radius 1 is 1.28 bits per heavy atom. The summed E-state index contributed by atoms with van der Waals surface area (Å²) in [6, 6.07) is 1.75.